The zero-order valence-electron chi connectivity index (χ0n) is 11.2. The lowest BCUT2D eigenvalue weighted by Gasteiger charge is -2.31. The molecule has 0 bridgehead atoms. The molecule has 5 heteroatoms. The summed E-state index contributed by atoms with van der Waals surface area (Å²) in [6, 6.07) is 5.24. The van der Waals surface area contributed by atoms with Crippen molar-refractivity contribution in [2.45, 2.75) is 25.8 Å². The van der Waals surface area contributed by atoms with Gasteiger partial charge in [0.15, 0.2) is 0 Å². The molecular weight excluding hydrogens is 262 g/mol. The van der Waals surface area contributed by atoms with Crippen LogP contribution in [-0.2, 0) is 0 Å². The van der Waals surface area contributed by atoms with E-state index in [1.807, 2.05) is 0 Å². The number of carbonyl (C=O) groups excluding carboxylic acids is 1. The Kier molecular flexibility index (Phi) is 4.66. The molecule has 3 N–H and O–H groups in total. The van der Waals surface area contributed by atoms with Gasteiger partial charge >= 0.3 is 0 Å². The van der Waals surface area contributed by atoms with Crippen LogP contribution in [0.1, 0.15) is 30.1 Å². The van der Waals surface area contributed by atoms with Gasteiger partial charge < -0.3 is 16.0 Å². The third-order valence-corrected chi connectivity index (χ3v) is 3.97. The SMILES string of the molecule is CCN1CCC(NC(=O)c2ccc(Cl)c(N)c2)CC1. The topological polar surface area (TPSA) is 58.4 Å². The minimum Gasteiger partial charge on any atom is -0.398 e. The second kappa shape index (κ2) is 6.26. The van der Waals surface area contributed by atoms with Gasteiger partial charge in [-0.1, -0.05) is 18.5 Å². The number of benzene rings is 1. The van der Waals surface area contributed by atoms with Crippen molar-refractivity contribution >= 4 is 23.2 Å². The maximum Gasteiger partial charge on any atom is 0.251 e. The molecule has 4 nitrogen and oxygen atoms in total. The monoisotopic (exact) mass is 281 g/mol. The third-order valence-electron chi connectivity index (χ3n) is 3.63. The molecular formula is C14H20ClN3O. The van der Waals surface area contributed by atoms with E-state index in [-0.39, 0.29) is 11.9 Å². The molecule has 1 amide bonds. The first-order valence-electron chi connectivity index (χ1n) is 6.68. The largest absolute Gasteiger partial charge is 0.398 e. The standard InChI is InChI=1S/C14H20ClN3O/c1-2-18-7-5-11(6-8-18)17-14(19)10-3-4-12(15)13(16)9-10/h3-4,9,11H,2,5-8,16H2,1H3,(H,17,19). The molecule has 1 fully saturated rings. The number of carbonyl (C=O) groups is 1. The summed E-state index contributed by atoms with van der Waals surface area (Å²) in [7, 11) is 0. The molecule has 0 aromatic heterocycles. The lowest BCUT2D eigenvalue weighted by atomic mass is 10.0. The van der Waals surface area contributed by atoms with Crippen LogP contribution < -0.4 is 11.1 Å². The van der Waals surface area contributed by atoms with Gasteiger partial charge in [-0.25, -0.2) is 0 Å². The predicted octanol–water partition coefficient (Wildman–Crippen LogP) is 2.14. The van der Waals surface area contributed by atoms with Crippen LogP contribution in [0.15, 0.2) is 18.2 Å². The number of nitrogens with two attached hydrogens (primary N) is 1. The molecule has 0 atom stereocenters. The molecule has 2 rings (SSSR count). The Morgan fingerprint density at radius 2 is 2.16 bits per heavy atom. The summed E-state index contributed by atoms with van der Waals surface area (Å²) in [5, 5.41) is 3.54. The van der Waals surface area contributed by atoms with E-state index < -0.39 is 0 Å². The van der Waals surface area contributed by atoms with Gasteiger partial charge in [0.2, 0.25) is 0 Å². The second-order valence-corrected chi connectivity index (χ2v) is 5.33. The summed E-state index contributed by atoms with van der Waals surface area (Å²) in [5.74, 6) is -0.0710. The molecule has 1 saturated heterocycles. The van der Waals surface area contributed by atoms with Crippen LogP contribution in [0.2, 0.25) is 5.02 Å². The summed E-state index contributed by atoms with van der Waals surface area (Å²) in [6.45, 7) is 5.33. The highest BCUT2D eigenvalue weighted by atomic mass is 35.5. The molecule has 1 aliphatic rings. The van der Waals surface area contributed by atoms with Crippen molar-refractivity contribution in [2.24, 2.45) is 0 Å². The van der Waals surface area contributed by atoms with Crippen LogP contribution in [0.3, 0.4) is 0 Å². The molecule has 0 unspecified atom stereocenters. The lowest BCUT2D eigenvalue weighted by Crippen LogP contribution is -2.44. The van der Waals surface area contributed by atoms with Crippen LogP contribution in [0, 0.1) is 0 Å². The van der Waals surface area contributed by atoms with E-state index in [9.17, 15) is 4.79 Å². The molecule has 104 valence electrons. The lowest BCUT2D eigenvalue weighted by molar-refractivity contribution is 0.0913. The van der Waals surface area contributed by atoms with Crippen LogP contribution in [0.5, 0.6) is 0 Å². The average molecular weight is 282 g/mol. The van der Waals surface area contributed by atoms with Crippen molar-refractivity contribution in [3.8, 4) is 0 Å². The quantitative estimate of drug-likeness (QED) is 0.835. The Labute approximate surface area is 118 Å². The number of nitrogens with zero attached hydrogens (tertiary/aromatic N) is 1. The number of hydrogen-bond acceptors (Lipinski definition) is 3. The van der Waals surface area contributed by atoms with E-state index >= 15 is 0 Å². The Morgan fingerprint density at radius 3 is 2.74 bits per heavy atom. The number of piperidine rings is 1. The Balaban J connectivity index is 1.92. The van der Waals surface area contributed by atoms with Gasteiger partial charge in [0.05, 0.1) is 10.7 Å². The molecule has 0 saturated carbocycles. The predicted molar refractivity (Wildman–Crippen MR) is 78.5 cm³/mol. The van der Waals surface area contributed by atoms with Crippen LogP contribution >= 0.6 is 11.6 Å². The average Bonchev–Trinajstić information content (AvgIpc) is 2.42. The van der Waals surface area contributed by atoms with Gasteiger partial charge in [-0.05, 0) is 37.6 Å². The molecule has 1 aliphatic heterocycles. The van der Waals surface area contributed by atoms with Gasteiger partial charge in [-0.15, -0.1) is 0 Å². The zero-order chi connectivity index (χ0) is 13.8. The minimum atomic E-state index is -0.0710. The first-order chi connectivity index (χ1) is 9.10. The molecule has 1 aromatic carbocycles. The minimum absolute atomic E-state index is 0.0710. The van der Waals surface area contributed by atoms with Gasteiger partial charge in [-0.2, -0.15) is 0 Å². The van der Waals surface area contributed by atoms with E-state index in [2.05, 4.69) is 17.1 Å². The van der Waals surface area contributed by atoms with Gasteiger partial charge in [0, 0.05) is 24.7 Å². The maximum absolute atomic E-state index is 12.1. The fourth-order valence-electron chi connectivity index (χ4n) is 2.35. The molecule has 1 heterocycles. The second-order valence-electron chi connectivity index (χ2n) is 4.92. The first kappa shape index (κ1) is 14.2. The highest BCUT2D eigenvalue weighted by Crippen LogP contribution is 2.20. The highest BCUT2D eigenvalue weighted by molar-refractivity contribution is 6.33. The van der Waals surface area contributed by atoms with E-state index in [1.54, 1.807) is 18.2 Å². The van der Waals surface area contributed by atoms with Crippen molar-refractivity contribution in [1.29, 1.82) is 0 Å². The van der Waals surface area contributed by atoms with E-state index in [4.69, 9.17) is 17.3 Å². The van der Waals surface area contributed by atoms with Crippen molar-refractivity contribution in [3.63, 3.8) is 0 Å². The molecule has 0 spiro atoms. The Hall–Kier alpha value is -1.26. The highest BCUT2D eigenvalue weighted by Gasteiger charge is 2.20. The van der Waals surface area contributed by atoms with Crippen molar-refractivity contribution in [1.82, 2.24) is 10.2 Å². The smallest absolute Gasteiger partial charge is 0.251 e. The molecule has 0 radical (unpaired) electrons. The number of amides is 1. The summed E-state index contributed by atoms with van der Waals surface area (Å²) in [4.78, 5) is 14.5. The van der Waals surface area contributed by atoms with E-state index in [0.717, 1.165) is 32.5 Å². The van der Waals surface area contributed by atoms with Crippen molar-refractivity contribution in [3.05, 3.63) is 28.8 Å². The Bertz CT molecular complexity index is 456. The normalized spacial score (nSPS) is 17.4. The van der Waals surface area contributed by atoms with E-state index in [0.29, 0.717) is 16.3 Å². The van der Waals surface area contributed by atoms with Crippen molar-refractivity contribution < 1.29 is 4.79 Å². The number of rotatable bonds is 3. The summed E-state index contributed by atoms with van der Waals surface area (Å²) in [5.41, 5.74) is 6.72. The number of halogens is 1. The van der Waals surface area contributed by atoms with Crippen LogP contribution in [0.4, 0.5) is 5.69 Å². The number of nitrogen functional groups attached to an aromatic ring is 1. The Morgan fingerprint density at radius 1 is 1.47 bits per heavy atom. The molecule has 1 aromatic rings. The number of hydrogen-bond donors (Lipinski definition) is 2. The maximum atomic E-state index is 12.1. The van der Waals surface area contributed by atoms with Gasteiger partial charge in [-0.3, -0.25) is 4.79 Å². The van der Waals surface area contributed by atoms with Gasteiger partial charge in [0.1, 0.15) is 0 Å². The number of nitrogens with one attached hydrogen (secondary N) is 1. The van der Waals surface area contributed by atoms with Crippen molar-refractivity contribution in [2.75, 3.05) is 25.4 Å². The number of anilines is 1. The van der Waals surface area contributed by atoms with Gasteiger partial charge in [0.25, 0.3) is 5.91 Å². The van der Waals surface area contributed by atoms with E-state index in [1.165, 1.54) is 0 Å². The third kappa shape index (κ3) is 3.61. The first-order valence-corrected chi connectivity index (χ1v) is 7.06. The molecule has 19 heavy (non-hydrogen) atoms. The van der Waals surface area contributed by atoms with Crippen LogP contribution in [-0.4, -0.2) is 36.5 Å². The molecule has 0 aliphatic carbocycles. The fraction of sp³-hybridized carbons (Fsp3) is 0.500. The zero-order valence-corrected chi connectivity index (χ0v) is 11.9. The summed E-state index contributed by atoms with van der Waals surface area (Å²) in [6.07, 6.45) is 2.01. The number of likely N-dealkylation sites (tertiary alicyclic amines) is 1. The van der Waals surface area contributed by atoms with Crippen LogP contribution in [0.25, 0.3) is 0 Å². The summed E-state index contributed by atoms with van der Waals surface area (Å²) >= 11 is 5.85. The fourth-order valence-corrected chi connectivity index (χ4v) is 2.46. The summed E-state index contributed by atoms with van der Waals surface area (Å²) < 4.78 is 0.